The minimum atomic E-state index is -0.798. The summed E-state index contributed by atoms with van der Waals surface area (Å²) in [7, 11) is 0. The summed E-state index contributed by atoms with van der Waals surface area (Å²) in [5.74, 6) is -1.21. The van der Waals surface area contributed by atoms with Crippen molar-refractivity contribution in [1.82, 2.24) is 10.7 Å². The molecule has 0 saturated heterocycles. The molecule has 0 bridgehead atoms. The maximum atomic E-state index is 12.0. The Hall–Kier alpha value is -3.68. The van der Waals surface area contributed by atoms with Crippen molar-refractivity contribution in [3.8, 4) is 5.75 Å². The number of benzene rings is 2. The van der Waals surface area contributed by atoms with E-state index >= 15 is 0 Å². The highest BCUT2D eigenvalue weighted by Crippen LogP contribution is 2.18. The van der Waals surface area contributed by atoms with Crippen LogP contribution in [0.2, 0.25) is 0 Å². The van der Waals surface area contributed by atoms with Crippen LogP contribution in [0.4, 0.5) is 5.69 Å². The molecule has 0 aromatic heterocycles. The number of ether oxygens (including phenoxy) is 1. The zero-order valence-electron chi connectivity index (χ0n) is 16.0. The first-order valence-corrected chi connectivity index (χ1v) is 9.23. The number of nitrogens with zero attached hydrogens (tertiary/aromatic N) is 1. The molecule has 0 radical (unpaired) electrons. The lowest BCUT2D eigenvalue weighted by atomic mass is 10.2. The average molecular weight is 394 g/mol. The van der Waals surface area contributed by atoms with Gasteiger partial charge in [0.05, 0.1) is 6.21 Å². The van der Waals surface area contributed by atoms with Gasteiger partial charge in [-0.15, -0.1) is 0 Å². The molecule has 1 aliphatic carbocycles. The minimum Gasteiger partial charge on any atom is -0.484 e. The molecule has 150 valence electrons. The molecule has 0 spiro atoms. The van der Waals surface area contributed by atoms with Gasteiger partial charge in [-0.1, -0.05) is 18.2 Å². The van der Waals surface area contributed by atoms with Crippen LogP contribution < -0.4 is 20.8 Å². The molecule has 1 saturated carbocycles. The number of aryl methyl sites for hydroxylation is 1. The average Bonchev–Trinajstić information content (AvgIpc) is 3.53. The van der Waals surface area contributed by atoms with Gasteiger partial charge in [0.25, 0.3) is 5.91 Å². The molecule has 3 amide bonds. The summed E-state index contributed by atoms with van der Waals surface area (Å²) < 4.78 is 5.47. The van der Waals surface area contributed by atoms with Gasteiger partial charge in [-0.05, 0) is 61.2 Å². The number of hydrogen-bond donors (Lipinski definition) is 3. The topological polar surface area (TPSA) is 109 Å². The predicted molar refractivity (Wildman–Crippen MR) is 109 cm³/mol. The summed E-state index contributed by atoms with van der Waals surface area (Å²) in [5.41, 5.74) is 4.60. The fraction of sp³-hybridized carbons (Fsp3) is 0.238. The van der Waals surface area contributed by atoms with E-state index in [1.165, 1.54) is 6.21 Å². The molecule has 3 N–H and O–H groups in total. The van der Waals surface area contributed by atoms with E-state index in [-0.39, 0.29) is 18.6 Å². The zero-order valence-corrected chi connectivity index (χ0v) is 16.0. The summed E-state index contributed by atoms with van der Waals surface area (Å²) in [5, 5.41) is 9.13. The van der Waals surface area contributed by atoms with Gasteiger partial charge in [0, 0.05) is 11.7 Å². The first-order valence-electron chi connectivity index (χ1n) is 9.23. The summed E-state index contributed by atoms with van der Waals surface area (Å²) in [6.45, 7) is 1.80. The van der Waals surface area contributed by atoms with E-state index in [4.69, 9.17) is 4.74 Å². The van der Waals surface area contributed by atoms with Crippen molar-refractivity contribution in [3.05, 3.63) is 59.7 Å². The van der Waals surface area contributed by atoms with Gasteiger partial charge >= 0.3 is 11.8 Å². The molecule has 1 aliphatic rings. The van der Waals surface area contributed by atoms with Crippen LogP contribution in [0.25, 0.3) is 0 Å². The number of rotatable bonds is 7. The molecule has 3 rings (SSSR count). The Kier molecular flexibility index (Phi) is 6.57. The van der Waals surface area contributed by atoms with Crippen LogP contribution in [0.5, 0.6) is 5.75 Å². The highest BCUT2D eigenvalue weighted by Gasteiger charge is 2.26. The van der Waals surface area contributed by atoms with Crippen molar-refractivity contribution in [2.75, 3.05) is 11.9 Å². The normalized spacial score (nSPS) is 13.0. The van der Waals surface area contributed by atoms with Crippen LogP contribution in [-0.2, 0) is 14.4 Å². The van der Waals surface area contributed by atoms with Crippen molar-refractivity contribution in [2.45, 2.75) is 25.8 Å². The minimum absolute atomic E-state index is 0.114. The SMILES string of the molecule is Cc1ccccc1NC(=O)COc1ccc(/C=N\NC(=O)C(=O)NC2CC2)cc1. The Morgan fingerprint density at radius 1 is 1.07 bits per heavy atom. The number of para-hydroxylation sites is 1. The number of amides is 3. The van der Waals surface area contributed by atoms with Crippen LogP contribution in [-0.4, -0.2) is 36.6 Å². The Balaban J connectivity index is 1.42. The fourth-order valence-electron chi connectivity index (χ4n) is 2.39. The van der Waals surface area contributed by atoms with Crippen molar-refractivity contribution in [2.24, 2.45) is 5.10 Å². The van der Waals surface area contributed by atoms with Gasteiger partial charge in [0.15, 0.2) is 6.61 Å². The summed E-state index contributed by atoms with van der Waals surface area (Å²) in [4.78, 5) is 35.1. The number of carbonyl (C=O) groups excluding carboxylic acids is 3. The van der Waals surface area contributed by atoms with E-state index in [1.54, 1.807) is 24.3 Å². The van der Waals surface area contributed by atoms with E-state index in [2.05, 4.69) is 21.2 Å². The summed E-state index contributed by atoms with van der Waals surface area (Å²) in [6.07, 6.45) is 3.23. The Labute approximate surface area is 168 Å². The number of carbonyl (C=O) groups is 3. The van der Waals surface area contributed by atoms with E-state index in [0.717, 1.165) is 24.1 Å². The molecule has 8 nitrogen and oxygen atoms in total. The van der Waals surface area contributed by atoms with E-state index in [1.807, 2.05) is 31.2 Å². The van der Waals surface area contributed by atoms with Gasteiger partial charge in [-0.2, -0.15) is 5.10 Å². The smallest absolute Gasteiger partial charge is 0.329 e. The molecule has 8 heteroatoms. The molecule has 0 unspecified atom stereocenters. The third kappa shape index (κ3) is 6.46. The van der Waals surface area contributed by atoms with Gasteiger partial charge in [0.1, 0.15) is 5.75 Å². The molecule has 1 fully saturated rings. The standard InChI is InChI=1S/C21H22N4O4/c1-14-4-2-3-5-18(14)24-19(26)13-29-17-10-6-15(7-11-17)12-22-25-21(28)20(27)23-16-8-9-16/h2-7,10-12,16H,8-9,13H2,1H3,(H,23,27)(H,24,26)(H,25,28)/b22-12-. The van der Waals surface area contributed by atoms with Gasteiger partial charge < -0.3 is 15.4 Å². The maximum Gasteiger partial charge on any atom is 0.329 e. The molecule has 29 heavy (non-hydrogen) atoms. The Morgan fingerprint density at radius 3 is 2.48 bits per heavy atom. The monoisotopic (exact) mass is 394 g/mol. The third-order valence-electron chi connectivity index (χ3n) is 4.17. The highest BCUT2D eigenvalue weighted by molar-refractivity contribution is 6.35. The second kappa shape index (κ2) is 9.50. The van der Waals surface area contributed by atoms with Crippen molar-refractivity contribution < 1.29 is 19.1 Å². The highest BCUT2D eigenvalue weighted by atomic mass is 16.5. The van der Waals surface area contributed by atoms with Gasteiger partial charge in [-0.25, -0.2) is 5.43 Å². The molecular weight excluding hydrogens is 372 g/mol. The Bertz CT molecular complexity index is 921. The first kappa shape index (κ1) is 20.1. The lowest BCUT2D eigenvalue weighted by Crippen LogP contribution is -2.38. The van der Waals surface area contributed by atoms with E-state index < -0.39 is 11.8 Å². The molecule has 2 aromatic rings. The van der Waals surface area contributed by atoms with E-state index in [9.17, 15) is 14.4 Å². The number of nitrogens with one attached hydrogen (secondary N) is 3. The van der Waals surface area contributed by atoms with Crippen LogP contribution >= 0.6 is 0 Å². The first-order chi connectivity index (χ1) is 14.0. The fourth-order valence-corrected chi connectivity index (χ4v) is 2.39. The van der Waals surface area contributed by atoms with Crippen molar-refractivity contribution in [1.29, 1.82) is 0 Å². The predicted octanol–water partition coefficient (Wildman–Crippen LogP) is 1.74. The quantitative estimate of drug-likeness (QED) is 0.378. The van der Waals surface area contributed by atoms with Gasteiger partial charge in [0.2, 0.25) is 0 Å². The van der Waals surface area contributed by atoms with Crippen LogP contribution in [0.15, 0.2) is 53.6 Å². The summed E-state index contributed by atoms with van der Waals surface area (Å²) in [6, 6.07) is 14.4. The van der Waals surface area contributed by atoms with E-state index in [0.29, 0.717) is 11.3 Å². The number of hydrogen-bond acceptors (Lipinski definition) is 5. The van der Waals surface area contributed by atoms with Gasteiger partial charge in [-0.3, -0.25) is 14.4 Å². The molecule has 0 aliphatic heterocycles. The zero-order chi connectivity index (χ0) is 20.6. The third-order valence-corrected chi connectivity index (χ3v) is 4.17. The largest absolute Gasteiger partial charge is 0.484 e. The molecule has 0 heterocycles. The van der Waals surface area contributed by atoms with Crippen LogP contribution in [0.3, 0.4) is 0 Å². The maximum absolute atomic E-state index is 12.0. The van der Waals surface area contributed by atoms with Crippen molar-refractivity contribution >= 4 is 29.6 Å². The van der Waals surface area contributed by atoms with Crippen LogP contribution in [0.1, 0.15) is 24.0 Å². The molecule has 0 atom stereocenters. The molecule has 2 aromatic carbocycles. The Morgan fingerprint density at radius 2 is 1.79 bits per heavy atom. The van der Waals surface area contributed by atoms with Crippen molar-refractivity contribution in [3.63, 3.8) is 0 Å². The summed E-state index contributed by atoms with van der Waals surface area (Å²) >= 11 is 0. The van der Waals surface area contributed by atoms with Crippen LogP contribution in [0, 0.1) is 6.92 Å². The number of anilines is 1. The lowest BCUT2D eigenvalue weighted by Gasteiger charge is -2.09. The number of hydrazone groups is 1. The molecular formula is C21H22N4O4. The second-order valence-electron chi connectivity index (χ2n) is 6.67. The second-order valence-corrected chi connectivity index (χ2v) is 6.67. The lowest BCUT2D eigenvalue weighted by molar-refractivity contribution is -0.139.